The third kappa shape index (κ3) is 6.94. The standard InChI is InChI=1S/C16H30O2Si/c1-8-9-14(2)10-11-15(12-13-17)18-19(6,7)16(3,4)5/h13-15H,10-12H2,1-7H3/t14-,15-/m1/s1. The van der Waals surface area contributed by atoms with Crippen molar-refractivity contribution in [1.29, 1.82) is 0 Å². The molecule has 0 rings (SSSR count). The highest BCUT2D eigenvalue weighted by molar-refractivity contribution is 6.74. The molecule has 0 radical (unpaired) electrons. The molecule has 19 heavy (non-hydrogen) atoms. The van der Waals surface area contributed by atoms with Gasteiger partial charge in [-0.25, -0.2) is 0 Å². The van der Waals surface area contributed by atoms with Crippen LogP contribution in [0.4, 0.5) is 0 Å². The average molecular weight is 283 g/mol. The van der Waals surface area contributed by atoms with Crippen molar-refractivity contribution in [3.63, 3.8) is 0 Å². The van der Waals surface area contributed by atoms with Crippen molar-refractivity contribution < 1.29 is 9.22 Å². The summed E-state index contributed by atoms with van der Waals surface area (Å²) in [5.41, 5.74) is 0. The number of carbonyl (C=O) groups is 1. The Kier molecular flexibility index (Phi) is 7.62. The van der Waals surface area contributed by atoms with E-state index >= 15 is 0 Å². The van der Waals surface area contributed by atoms with Gasteiger partial charge in [0.05, 0.1) is 6.10 Å². The molecular weight excluding hydrogens is 252 g/mol. The van der Waals surface area contributed by atoms with Crippen LogP contribution in [-0.2, 0) is 9.22 Å². The molecule has 0 N–H and O–H groups in total. The van der Waals surface area contributed by atoms with Gasteiger partial charge >= 0.3 is 0 Å². The number of rotatable bonds is 7. The van der Waals surface area contributed by atoms with Gasteiger partial charge in [-0.2, -0.15) is 0 Å². The van der Waals surface area contributed by atoms with E-state index < -0.39 is 8.32 Å². The van der Waals surface area contributed by atoms with Crippen molar-refractivity contribution in [2.24, 2.45) is 5.92 Å². The summed E-state index contributed by atoms with van der Waals surface area (Å²) in [6, 6.07) is 0. The van der Waals surface area contributed by atoms with Crippen LogP contribution in [0.1, 0.15) is 53.9 Å². The van der Waals surface area contributed by atoms with Crippen LogP contribution in [0.3, 0.4) is 0 Å². The summed E-state index contributed by atoms with van der Waals surface area (Å²) in [6.45, 7) is 15.1. The van der Waals surface area contributed by atoms with Gasteiger partial charge in [-0.3, -0.25) is 0 Å². The first kappa shape index (κ1) is 18.4. The van der Waals surface area contributed by atoms with E-state index in [1.165, 1.54) is 0 Å². The quantitative estimate of drug-likeness (QED) is 0.393. The fourth-order valence-corrected chi connectivity index (χ4v) is 3.08. The Labute approximate surface area is 120 Å². The van der Waals surface area contributed by atoms with E-state index in [-0.39, 0.29) is 11.1 Å². The van der Waals surface area contributed by atoms with Crippen LogP contribution in [-0.4, -0.2) is 20.7 Å². The number of aldehydes is 1. The van der Waals surface area contributed by atoms with Gasteiger partial charge in [-0.15, -0.1) is 11.8 Å². The van der Waals surface area contributed by atoms with E-state index in [2.05, 4.69) is 52.6 Å². The lowest BCUT2D eigenvalue weighted by atomic mass is 10.0. The molecular formula is C16H30O2Si. The van der Waals surface area contributed by atoms with E-state index in [9.17, 15) is 4.79 Å². The topological polar surface area (TPSA) is 26.3 Å². The maximum atomic E-state index is 10.8. The maximum absolute atomic E-state index is 10.8. The normalized spacial score (nSPS) is 15.3. The summed E-state index contributed by atoms with van der Waals surface area (Å²) in [7, 11) is -1.79. The Hall–Kier alpha value is -0.593. The molecule has 0 aromatic carbocycles. The Balaban J connectivity index is 4.56. The minimum absolute atomic E-state index is 0.0551. The van der Waals surface area contributed by atoms with Crippen LogP contribution in [0.2, 0.25) is 18.1 Å². The van der Waals surface area contributed by atoms with Crippen LogP contribution in [0.25, 0.3) is 0 Å². The van der Waals surface area contributed by atoms with Crippen molar-refractivity contribution in [3.8, 4) is 11.8 Å². The summed E-state index contributed by atoms with van der Waals surface area (Å²) in [4.78, 5) is 10.8. The SMILES string of the molecule is CC#C[C@@H](C)CC[C@H](CC=O)O[Si](C)(C)C(C)(C)C. The second kappa shape index (κ2) is 7.87. The molecule has 0 unspecified atom stereocenters. The summed E-state index contributed by atoms with van der Waals surface area (Å²) < 4.78 is 6.33. The lowest BCUT2D eigenvalue weighted by molar-refractivity contribution is -0.109. The highest BCUT2D eigenvalue weighted by Gasteiger charge is 2.38. The largest absolute Gasteiger partial charge is 0.414 e. The molecule has 3 heteroatoms. The van der Waals surface area contributed by atoms with Crippen molar-refractivity contribution in [1.82, 2.24) is 0 Å². The third-order valence-corrected chi connectivity index (χ3v) is 8.47. The van der Waals surface area contributed by atoms with Crippen LogP contribution in [0.15, 0.2) is 0 Å². The van der Waals surface area contributed by atoms with Gasteiger partial charge < -0.3 is 9.22 Å². The Morgan fingerprint density at radius 2 is 1.84 bits per heavy atom. The van der Waals surface area contributed by atoms with E-state index in [1.54, 1.807) is 0 Å². The van der Waals surface area contributed by atoms with E-state index in [0.29, 0.717) is 12.3 Å². The van der Waals surface area contributed by atoms with Gasteiger partial charge in [-0.1, -0.05) is 27.7 Å². The number of hydrogen-bond acceptors (Lipinski definition) is 2. The number of carbonyl (C=O) groups excluding carboxylic acids is 1. The van der Waals surface area contributed by atoms with Crippen molar-refractivity contribution in [2.45, 2.75) is 78.1 Å². The zero-order chi connectivity index (χ0) is 15.1. The molecule has 0 aliphatic carbocycles. The monoisotopic (exact) mass is 282 g/mol. The summed E-state index contributed by atoms with van der Waals surface area (Å²) in [5, 5.41) is 0.184. The minimum atomic E-state index is -1.79. The second-order valence-corrected chi connectivity index (χ2v) is 11.5. The predicted molar refractivity (Wildman–Crippen MR) is 84.6 cm³/mol. The summed E-state index contributed by atoms with van der Waals surface area (Å²) in [5.74, 6) is 6.47. The molecule has 0 aliphatic heterocycles. The second-order valence-electron chi connectivity index (χ2n) is 6.78. The van der Waals surface area contributed by atoms with Crippen LogP contribution < -0.4 is 0 Å². The van der Waals surface area contributed by atoms with Gasteiger partial charge in [0, 0.05) is 12.3 Å². The van der Waals surface area contributed by atoms with Crippen molar-refractivity contribution >= 4 is 14.6 Å². The van der Waals surface area contributed by atoms with E-state index in [0.717, 1.165) is 19.1 Å². The Morgan fingerprint density at radius 3 is 2.26 bits per heavy atom. The molecule has 0 saturated heterocycles. The predicted octanol–water partition coefficient (Wildman–Crippen LogP) is 4.41. The minimum Gasteiger partial charge on any atom is -0.414 e. The molecule has 0 bridgehead atoms. The molecule has 0 aromatic rings. The third-order valence-electron chi connectivity index (χ3n) is 3.94. The van der Waals surface area contributed by atoms with Crippen LogP contribution in [0, 0.1) is 17.8 Å². The van der Waals surface area contributed by atoms with E-state index in [4.69, 9.17) is 4.43 Å². The van der Waals surface area contributed by atoms with Crippen molar-refractivity contribution in [2.75, 3.05) is 0 Å². The fourth-order valence-electron chi connectivity index (χ4n) is 1.68. The van der Waals surface area contributed by atoms with Gasteiger partial charge in [0.15, 0.2) is 8.32 Å². The lowest BCUT2D eigenvalue weighted by Crippen LogP contribution is -2.44. The molecule has 0 fully saturated rings. The first-order valence-electron chi connectivity index (χ1n) is 7.17. The van der Waals surface area contributed by atoms with Crippen molar-refractivity contribution in [3.05, 3.63) is 0 Å². The molecule has 0 amide bonds. The first-order chi connectivity index (χ1) is 8.64. The molecule has 0 saturated carbocycles. The highest BCUT2D eigenvalue weighted by atomic mass is 28.4. The molecule has 0 spiro atoms. The molecule has 0 aromatic heterocycles. The maximum Gasteiger partial charge on any atom is 0.192 e. The lowest BCUT2D eigenvalue weighted by Gasteiger charge is -2.39. The Morgan fingerprint density at radius 1 is 1.26 bits per heavy atom. The fraction of sp³-hybridized carbons (Fsp3) is 0.812. The van der Waals surface area contributed by atoms with Crippen LogP contribution >= 0.6 is 0 Å². The highest BCUT2D eigenvalue weighted by Crippen LogP contribution is 2.38. The molecule has 0 heterocycles. The van der Waals surface area contributed by atoms with Crippen LogP contribution in [0.5, 0.6) is 0 Å². The first-order valence-corrected chi connectivity index (χ1v) is 10.1. The molecule has 2 nitrogen and oxygen atoms in total. The zero-order valence-electron chi connectivity index (χ0n) is 13.7. The molecule has 0 aliphatic rings. The molecule has 2 atom stereocenters. The smallest absolute Gasteiger partial charge is 0.192 e. The van der Waals surface area contributed by atoms with Gasteiger partial charge in [-0.05, 0) is 37.9 Å². The Bertz CT molecular complexity index is 331. The summed E-state index contributed by atoms with van der Waals surface area (Å²) in [6.07, 6.45) is 3.45. The van der Waals surface area contributed by atoms with E-state index in [1.807, 2.05) is 6.92 Å². The molecule has 110 valence electrons. The zero-order valence-corrected chi connectivity index (χ0v) is 14.7. The van der Waals surface area contributed by atoms with Gasteiger partial charge in [0.2, 0.25) is 0 Å². The average Bonchev–Trinajstić information content (AvgIpc) is 2.24. The van der Waals surface area contributed by atoms with Gasteiger partial charge in [0.1, 0.15) is 6.29 Å². The summed E-state index contributed by atoms with van der Waals surface area (Å²) >= 11 is 0. The van der Waals surface area contributed by atoms with Gasteiger partial charge in [0.25, 0.3) is 0 Å². The number of hydrogen-bond donors (Lipinski definition) is 0.